The van der Waals surface area contributed by atoms with Crippen molar-refractivity contribution in [3.8, 4) is 0 Å². The fourth-order valence-electron chi connectivity index (χ4n) is 1.00. The number of halogens is 4. The van der Waals surface area contributed by atoms with Crippen LogP contribution < -0.4 is 0 Å². The summed E-state index contributed by atoms with van der Waals surface area (Å²) < 4.78 is 49.3. The predicted octanol–water partition coefficient (Wildman–Crippen LogP) is 2.38. The van der Waals surface area contributed by atoms with Gasteiger partial charge in [0.1, 0.15) is 0 Å². The van der Waals surface area contributed by atoms with Crippen molar-refractivity contribution >= 4 is 0 Å². The quantitative estimate of drug-likeness (QED) is 0.289. The van der Waals surface area contributed by atoms with Gasteiger partial charge < -0.3 is 0 Å². The van der Waals surface area contributed by atoms with Gasteiger partial charge in [-0.05, 0) is 0 Å². The zero-order valence-electron chi connectivity index (χ0n) is 6.71. The van der Waals surface area contributed by atoms with Crippen molar-refractivity contribution in [1.29, 1.82) is 0 Å². The van der Waals surface area contributed by atoms with Gasteiger partial charge in [-0.15, -0.1) is 0 Å². The molecule has 14 heavy (non-hydrogen) atoms. The number of alkyl halides is 4. The average Bonchev–Trinajstić information content (AvgIpc) is 2.02. The van der Waals surface area contributed by atoms with Gasteiger partial charge in [0, 0.05) is 6.08 Å². The van der Waals surface area contributed by atoms with E-state index in [4.69, 9.17) is 0 Å². The van der Waals surface area contributed by atoms with Crippen LogP contribution >= 0.6 is 0 Å². The van der Waals surface area contributed by atoms with E-state index in [1.54, 1.807) is 0 Å². The first kappa shape index (κ1) is 10.7. The lowest BCUT2D eigenvalue weighted by Gasteiger charge is -2.17. The van der Waals surface area contributed by atoms with Gasteiger partial charge in [-0.1, -0.05) is 12.2 Å². The van der Waals surface area contributed by atoms with E-state index in [9.17, 15) is 27.7 Å². The van der Waals surface area contributed by atoms with Gasteiger partial charge in [0.05, 0.1) is 16.9 Å². The summed E-state index contributed by atoms with van der Waals surface area (Å²) in [5.74, 6) is -3.14. The van der Waals surface area contributed by atoms with E-state index < -0.39 is 28.9 Å². The fraction of sp³-hybridized carbons (Fsp3) is 0.429. The molecular formula is C7H5F4NO2. The molecule has 78 valence electrons. The van der Waals surface area contributed by atoms with E-state index in [-0.39, 0.29) is 6.08 Å². The smallest absolute Gasteiger partial charge is 0.261 e. The number of hydrogen-bond acceptors (Lipinski definition) is 2. The van der Waals surface area contributed by atoms with E-state index in [0.717, 1.165) is 6.08 Å². The summed E-state index contributed by atoms with van der Waals surface area (Å²) in [5, 5.41) is 10.1. The van der Waals surface area contributed by atoms with Crippen LogP contribution in [-0.4, -0.2) is 16.9 Å². The van der Waals surface area contributed by atoms with Gasteiger partial charge in [-0.25, -0.2) is 0 Å². The van der Waals surface area contributed by atoms with Crippen LogP contribution in [0.25, 0.3) is 0 Å². The second-order valence-corrected chi connectivity index (χ2v) is 2.78. The highest BCUT2D eigenvalue weighted by Gasteiger charge is 2.46. The lowest BCUT2D eigenvalue weighted by Crippen LogP contribution is -2.33. The molecule has 7 heteroatoms. The molecule has 0 saturated heterocycles. The molecule has 1 aliphatic rings. The summed E-state index contributed by atoms with van der Waals surface area (Å²) >= 11 is 0. The van der Waals surface area contributed by atoms with E-state index >= 15 is 0 Å². The Morgan fingerprint density at radius 2 is 2.07 bits per heavy atom. The van der Waals surface area contributed by atoms with Crippen LogP contribution in [0.15, 0.2) is 23.8 Å². The van der Waals surface area contributed by atoms with Gasteiger partial charge in [0.25, 0.3) is 0 Å². The first-order chi connectivity index (χ1) is 6.26. The van der Waals surface area contributed by atoms with Crippen molar-refractivity contribution in [2.24, 2.45) is 0 Å². The Bertz CT molecular complexity index is 320. The van der Waals surface area contributed by atoms with Crippen LogP contribution in [0, 0.1) is 10.1 Å². The molecule has 1 atom stereocenters. The van der Waals surface area contributed by atoms with Crippen LogP contribution in [0.3, 0.4) is 0 Å². The van der Waals surface area contributed by atoms with Crippen molar-refractivity contribution in [3.63, 3.8) is 0 Å². The van der Waals surface area contributed by atoms with Crippen molar-refractivity contribution in [2.45, 2.75) is 18.4 Å². The summed E-state index contributed by atoms with van der Waals surface area (Å²) in [6, 6.07) is 0. The average molecular weight is 211 g/mol. The number of rotatable bonds is 1. The molecule has 1 rings (SSSR count). The minimum absolute atomic E-state index is 0.00694. The molecule has 0 fully saturated rings. The normalized spacial score (nSPS) is 27.3. The maximum absolute atomic E-state index is 13.1. The Hall–Kier alpha value is -1.40. The molecule has 1 aliphatic carbocycles. The first-order valence-corrected chi connectivity index (χ1v) is 3.56. The lowest BCUT2D eigenvalue weighted by molar-refractivity contribution is -0.589. The Balaban J connectivity index is 3.06. The zero-order chi connectivity index (χ0) is 11.0. The summed E-state index contributed by atoms with van der Waals surface area (Å²) in [7, 11) is 0. The third kappa shape index (κ3) is 1.91. The molecule has 0 N–H and O–H groups in total. The van der Waals surface area contributed by atoms with E-state index in [0.29, 0.717) is 6.08 Å². The van der Waals surface area contributed by atoms with Crippen molar-refractivity contribution in [2.75, 3.05) is 0 Å². The van der Waals surface area contributed by atoms with Crippen LogP contribution in [0.1, 0.15) is 6.42 Å². The Morgan fingerprint density at radius 3 is 2.50 bits per heavy atom. The Kier molecular flexibility index (Phi) is 2.34. The zero-order valence-corrected chi connectivity index (χ0v) is 6.71. The largest absolute Gasteiger partial charge is 0.416 e. The summed E-state index contributed by atoms with van der Waals surface area (Å²) in [5.41, 5.74) is -1.33. The summed E-state index contributed by atoms with van der Waals surface area (Å²) in [4.78, 5) is 8.76. The molecule has 0 heterocycles. The maximum Gasteiger partial charge on any atom is 0.416 e. The van der Waals surface area contributed by atoms with E-state index in [1.165, 1.54) is 0 Å². The third-order valence-corrected chi connectivity index (χ3v) is 1.71. The van der Waals surface area contributed by atoms with E-state index in [1.807, 2.05) is 0 Å². The van der Waals surface area contributed by atoms with Crippen molar-refractivity contribution < 1.29 is 22.5 Å². The monoisotopic (exact) mass is 211 g/mol. The molecule has 0 aromatic carbocycles. The van der Waals surface area contributed by atoms with Gasteiger partial charge in [-0.2, -0.15) is 17.6 Å². The molecule has 3 nitrogen and oxygen atoms in total. The molecule has 0 saturated carbocycles. The standard InChI is InChI=1S/C7H5F4NO2/c8-6(12(13)14)3-1-2-5(4-6)7(9,10)11/h1-2,4H,3H2. The van der Waals surface area contributed by atoms with Crippen LogP contribution in [0.4, 0.5) is 17.6 Å². The maximum atomic E-state index is 13.1. The fourth-order valence-corrected chi connectivity index (χ4v) is 1.00. The minimum Gasteiger partial charge on any atom is -0.261 e. The minimum atomic E-state index is -4.76. The molecule has 0 amide bonds. The molecule has 0 spiro atoms. The molecule has 1 unspecified atom stereocenters. The predicted molar refractivity (Wildman–Crippen MR) is 38.7 cm³/mol. The molecule has 0 radical (unpaired) electrons. The Labute approximate surface area is 75.9 Å². The van der Waals surface area contributed by atoms with Gasteiger partial charge in [0.2, 0.25) is 0 Å². The van der Waals surface area contributed by atoms with Gasteiger partial charge >= 0.3 is 12.0 Å². The highest BCUT2D eigenvalue weighted by atomic mass is 19.4. The molecular weight excluding hydrogens is 206 g/mol. The number of allylic oxidation sites excluding steroid dienone is 2. The number of hydrogen-bond donors (Lipinski definition) is 0. The number of nitro groups is 1. The van der Waals surface area contributed by atoms with Gasteiger partial charge in [-0.3, -0.25) is 10.1 Å². The van der Waals surface area contributed by atoms with Crippen LogP contribution in [-0.2, 0) is 0 Å². The van der Waals surface area contributed by atoms with Crippen molar-refractivity contribution in [1.82, 2.24) is 0 Å². The van der Waals surface area contributed by atoms with Crippen molar-refractivity contribution in [3.05, 3.63) is 33.9 Å². The molecule has 0 aliphatic heterocycles. The summed E-state index contributed by atoms with van der Waals surface area (Å²) in [6.45, 7) is 0. The SMILES string of the molecule is O=[N+]([O-])C1(F)C=C(C(F)(F)F)C=CC1. The second kappa shape index (κ2) is 3.07. The highest BCUT2D eigenvalue weighted by molar-refractivity contribution is 5.30. The topological polar surface area (TPSA) is 43.1 Å². The van der Waals surface area contributed by atoms with Crippen LogP contribution in [0.5, 0.6) is 0 Å². The first-order valence-electron chi connectivity index (χ1n) is 3.56. The second-order valence-electron chi connectivity index (χ2n) is 2.78. The lowest BCUT2D eigenvalue weighted by atomic mass is 10.0. The number of nitrogens with zero attached hydrogens (tertiary/aromatic N) is 1. The third-order valence-electron chi connectivity index (χ3n) is 1.71. The molecule has 0 bridgehead atoms. The molecule has 0 aromatic rings. The highest BCUT2D eigenvalue weighted by Crippen LogP contribution is 2.34. The van der Waals surface area contributed by atoms with Gasteiger partial charge in [0.15, 0.2) is 0 Å². The van der Waals surface area contributed by atoms with Crippen LogP contribution in [0.2, 0.25) is 0 Å². The molecule has 0 aromatic heterocycles. The van der Waals surface area contributed by atoms with E-state index in [2.05, 4.69) is 0 Å². The summed E-state index contributed by atoms with van der Waals surface area (Å²) in [6.07, 6.45) is -4.02. The Morgan fingerprint density at radius 1 is 1.50 bits per heavy atom.